The SMILES string of the molecule is CCOC(=O)C1CNCCN1S(=O)(=O)NC1CC1. The van der Waals surface area contributed by atoms with Crippen molar-refractivity contribution in [2.24, 2.45) is 0 Å². The number of hydrogen-bond acceptors (Lipinski definition) is 5. The molecule has 104 valence electrons. The number of carbonyl (C=O) groups excluding carboxylic acids is 1. The number of piperazine rings is 1. The van der Waals surface area contributed by atoms with Gasteiger partial charge in [0, 0.05) is 25.7 Å². The van der Waals surface area contributed by atoms with Crippen LogP contribution in [-0.4, -0.2) is 57.0 Å². The van der Waals surface area contributed by atoms with E-state index in [0.29, 0.717) is 13.1 Å². The molecule has 2 rings (SSSR count). The first-order chi connectivity index (χ1) is 8.54. The van der Waals surface area contributed by atoms with Crippen LogP contribution in [0.15, 0.2) is 0 Å². The lowest BCUT2D eigenvalue weighted by molar-refractivity contribution is -0.148. The van der Waals surface area contributed by atoms with Crippen molar-refractivity contribution in [3.05, 3.63) is 0 Å². The molecule has 0 radical (unpaired) electrons. The van der Waals surface area contributed by atoms with Crippen molar-refractivity contribution in [3.8, 4) is 0 Å². The normalized spacial score (nSPS) is 25.9. The lowest BCUT2D eigenvalue weighted by Gasteiger charge is -2.33. The lowest BCUT2D eigenvalue weighted by atomic mass is 10.2. The van der Waals surface area contributed by atoms with Gasteiger partial charge in [0.2, 0.25) is 0 Å². The summed E-state index contributed by atoms with van der Waals surface area (Å²) < 4.78 is 33.0. The van der Waals surface area contributed by atoms with Gasteiger partial charge in [0.15, 0.2) is 0 Å². The first kappa shape index (κ1) is 13.7. The smallest absolute Gasteiger partial charge is 0.325 e. The Kier molecular flexibility index (Phi) is 4.21. The Hall–Kier alpha value is -0.700. The standard InChI is InChI=1S/C10H19N3O4S/c1-2-17-10(14)9-7-11-5-6-13(9)18(15,16)12-8-3-4-8/h8-9,11-12H,2-7H2,1H3. The minimum Gasteiger partial charge on any atom is -0.465 e. The molecule has 0 bridgehead atoms. The molecule has 2 aliphatic rings. The van der Waals surface area contributed by atoms with Gasteiger partial charge < -0.3 is 10.1 Å². The highest BCUT2D eigenvalue weighted by molar-refractivity contribution is 7.87. The third-order valence-electron chi connectivity index (χ3n) is 2.95. The number of hydrogen-bond donors (Lipinski definition) is 2. The summed E-state index contributed by atoms with van der Waals surface area (Å²) in [5, 5.41) is 3.01. The summed E-state index contributed by atoms with van der Waals surface area (Å²) in [7, 11) is -3.59. The van der Waals surface area contributed by atoms with Gasteiger partial charge in [-0.15, -0.1) is 0 Å². The van der Waals surface area contributed by atoms with Crippen LogP contribution in [0, 0.1) is 0 Å². The van der Waals surface area contributed by atoms with Crippen LogP contribution in [0.5, 0.6) is 0 Å². The van der Waals surface area contributed by atoms with E-state index in [4.69, 9.17) is 4.74 Å². The second kappa shape index (κ2) is 5.52. The molecule has 2 N–H and O–H groups in total. The highest BCUT2D eigenvalue weighted by Crippen LogP contribution is 2.21. The van der Waals surface area contributed by atoms with E-state index in [2.05, 4.69) is 10.0 Å². The molecule has 8 heteroatoms. The quantitative estimate of drug-likeness (QED) is 0.618. The van der Waals surface area contributed by atoms with E-state index in [1.165, 1.54) is 4.31 Å². The molecule has 1 saturated carbocycles. The number of nitrogens with one attached hydrogen (secondary N) is 2. The number of nitrogens with zero attached hydrogens (tertiary/aromatic N) is 1. The Morgan fingerprint density at radius 3 is 2.83 bits per heavy atom. The largest absolute Gasteiger partial charge is 0.465 e. The molecule has 0 aromatic rings. The maximum absolute atomic E-state index is 12.1. The maximum Gasteiger partial charge on any atom is 0.325 e. The van der Waals surface area contributed by atoms with Crippen LogP contribution in [-0.2, 0) is 19.7 Å². The number of carbonyl (C=O) groups is 1. The maximum atomic E-state index is 12.1. The van der Waals surface area contributed by atoms with E-state index in [1.54, 1.807) is 6.92 Å². The second-order valence-electron chi connectivity index (χ2n) is 4.48. The van der Waals surface area contributed by atoms with Crippen molar-refractivity contribution in [2.75, 3.05) is 26.2 Å². The molecule has 2 fully saturated rings. The molecule has 0 spiro atoms. The van der Waals surface area contributed by atoms with Crippen LogP contribution in [0.3, 0.4) is 0 Å². The van der Waals surface area contributed by atoms with E-state index in [1.807, 2.05) is 0 Å². The van der Waals surface area contributed by atoms with Crippen LogP contribution in [0.2, 0.25) is 0 Å². The Balaban J connectivity index is 2.08. The van der Waals surface area contributed by atoms with Gasteiger partial charge in [0.1, 0.15) is 6.04 Å². The number of ether oxygens (including phenoxy) is 1. The van der Waals surface area contributed by atoms with Gasteiger partial charge in [-0.05, 0) is 19.8 Å². The second-order valence-corrected chi connectivity index (χ2v) is 6.13. The fraction of sp³-hybridized carbons (Fsp3) is 0.900. The molecule has 1 heterocycles. The summed E-state index contributed by atoms with van der Waals surface area (Å²) >= 11 is 0. The van der Waals surface area contributed by atoms with Gasteiger partial charge in [0.05, 0.1) is 6.61 Å². The van der Waals surface area contributed by atoms with Crippen LogP contribution >= 0.6 is 0 Å². The molecule has 7 nitrogen and oxygen atoms in total. The van der Waals surface area contributed by atoms with Crippen molar-refractivity contribution in [1.29, 1.82) is 0 Å². The van der Waals surface area contributed by atoms with Gasteiger partial charge in [-0.1, -0.05) is 0 Å². The van der Waals surface area contributed by atoms with Gasteiger partial charge in [-0.25, -0.2) is 0 Å². The third-order valence-corrected chi connectivity index (χ3v) is 4.64. The predicted molar refractivity (Wildman–Crippen MR) is 65.1 cm³/mol. The van der Waals surface area contributed by atoms with Crippen LogP contribution in [0.4, 0.5) is 0 Å². The van der Waals surface area contributed by atoms with E-state index < -0.39 is 22.2 Å². The summed E-state index contributed by atoms with van der Waals surface area (Å²) in [4.78, 5) is 11.8. The predicted octanol–water partition coefficient (Wildman–Crippen LogP) is -1.18. The summed E-state index contributed by atoms with van der Waals surface area (Å²) in [6.45, 7) is 3.08. The highest BCUT2D eigenvalue weighted by atomic mass is 32.2. The lowest BCUT2D eigenvalue weighted by Crippen LogP contribution is -2.59. The summed E-state index contributed by atoms with van der Waals surface area (Å²) in [5.74, 6) is -0.495. The Labute approximate surface area is 107 Å². The Bertz CT molecular complexity index is 407. The van der Waals surface area contributed by atoms with E-state index >= 15 is 0 Å². The monoisotopic (exact) mass is 277 g/mol. The molecule has 0 amide bonds. The molecule has 1 aliphatic heterocycles. The number of esters is 1. The summed E-state index contributed by atoms with van der Waals surface area (Å²) in [6.07, 6.45) is 1.74. The zero-order valence-electron chi connectivity index (χ0n) is 10.4. The average molecular weight is 277 g/mol. The van der Waals surface area contributed by atoms with E-state index in [0.717, 1.165) is 12.8 Å². The van der Waals surface area contributed by atoms with E-state index in [9.17, 15) is 13.2 Å². The van der Waals surface area contributed by atoms with Crippen LogP contribution < -0.4 is 10.0 Å². The molecular formula is C10H19N3O4S. The molecule has 18 heavy (non-hydrogen) atoms. The van der Waals surface area contributed by atoms with Crippen LogP contribution in [0.25, 0.3) is 0 Å². The fourth-order valence-corrected chi connectivity index (χ4v) is 3.51. The Morgan fingerprint density at radius 2 is 2.22 bits per heavy atom. The molecule has 1 unspecified atom stereocenters. The van der Waals surface area contributed by atoms with Gasteiger partial charge in [-0.3, -0.25) is 4.79 Å². The summed E-state index contributed by atoms with van der Waals surface area (Å²) in [5.41, 5.74) is 0. The minimum absolute atomic E-state index is 0.0349. The van der Waals surface area contributed by atoms with Crippen molar-refractivity contribution in [3.63, 3.8) is 0 Å². The van der Waals surface area contributed by atoms with E-state index in [-0.39, 0.29) is 19.2 Å². The fourth-order valence-electron chi connectivity index (χ4n) is 1.89. The van der Waals surface area contributed by atoms with Crippen molar-refractivity contribution >= 4 is 16.2 Å². The van der Waals surface area contributed by atoms with Crippen molar-refractivity contribution in [2.45, 2.75) is 31.8 Å². The zero-order chi connectivity index (χ0) is 13.2. The average Bonchev–Trinajstić information content (AvgIpc) is 3.12. The first-order valence-electron chi connectivity index (χ1n) is 6.21. The van der Waals surface area contributed by atoms with Gasteiger partial charge >= 0.3 is 5.97 Å². The zero-order valence-corrected chi connectivity index (χ0v) is 11.2. The molecule has 1 atom stereocenters. The van der Waals surface area contributed by atoms with Gasteiger partial charge in [-0.2, -0.15) is 17.4 Å². The minimum atomic E-state index is -3.59. The van der Waals surface area contributed by atoms with Crippen molar-refractivity contribution < 1.29 is 17.9 Å². The van der Waals surface area contributed by atoms with Gasteiger partial charge in [0.25, 0.3) is 10.2 Å². The molecule has 1 saturated heterocycles. The van der Waals surface area contributed by atoms with Crippen molar-refractivity contribution in [1.82, 2.24) is 14.3 Å². The van der Waals surface area contributed by atoms with Crippen LogP contribution in [0.1, 0.15) is 19.8 Å². The Morgan fingerprint density at radius 1 is 1.50 bits per heavy atom. The highest BCUT2D eigenvalue weighted by Gasteiger charge is 2.40. The molecule has 0 aromatic carbocycles. The third kappa shape index (κ3) is 3.19. The first-order valence-corrected chi connectivity index (χ1v) is 7.65. The topological polar surface area (TPSA) is 87.7 Å². The summed E-state index contributed by atoms with van der Waals surface area (Å²) in [6, 6.07) is -0.734. The molecular weight excluding hydrogens is 258 g/mol. The molecule has 0 aromatic heterocycles. The molecule has 1 aliphatic carbocycles. The number of rotatable bonds is 5.